The summed E-state index contributed by atoms with van der Waals surface area (Å²) in [7, 11) is 0. The van der Waals surface area contributed by atoms with Crippen LogP contribution in [0.5, 0.6) is 0 Å². The fraction of sp³-hybridized carbons (Fsp3) is 0.333. The predicted octanol–water partition coefficient (Wildman–Crippen LogP) is 1.40. The van der Waals surface area contributed by atoms with Crippen LogP contribution in [-0.2, 0) is 11.2 Å². The van der Waals surface area contributed by atoms with Gasteiger partial charge in [0.15, 0.2) is 0 Å². The van der Waals surface area contributed by atoms with Gasteiger partial charge in [-0.25, -0.2) is 4.68 Å². The summed E-state index contributed by atoms with van der Waals surface area (Å²) in [6, 6.07) is 10.00. The van der Waals surface area contributed by atoms with Crippen molar-refractivity contribution in [3.8, 4) is 5.69 Å². The van der Waals surface area contributed by atoms with Crippen LogP contribution in [0.25, 0.3) is 5.69 Å². The normalized spacial score (nSPS) is 17.6. The summed E-state index contributed by atoms with van der Waals surface area (Å²) in [5.41, 5.74) is 7.75. The zero-order valence-corrected chi connectivity index (χ0v) is 12.5. The van der Waals surface area contributed by atoms with E-state index >= 15 is 0 Å². The molecule has 1 fully saturated rings. The standard InChI is InChI=1S/C15H18N4O.ClH/c16-13-6-7-18(11-13)15(20)8-12-9-17-19(10-12)14-4-2-1-3-5-14;/h1-5,9-10,13H,6-8,11,16H2;1H/t13-;/m1./s1. The molecule has 1 amide bonds. The molecule has 0 spiro atoms. The van der Waals surface area contributed by atoms with Gasteiger partial charge < -0.3 is 10.6 Å². The maximum atomic E-state index is 12.1. The van der Waals surface area contributed by atoms with Crippen molar-refractivity contribution >= 4 is 18.3 Å². The molecular weight excluding hydrogens is 288 g/mol. The lowest BCUT2D eigenvalue weighted by atomic mass is 10.2. The molecular formula is C15H19ClN4O. The van der Waals surface area contributed by atoms with Crippen LogP contribution in [0.3, 0.4) is 0 Å². The second-order valence-corrected chi connectivity index (χ2v) is 5.19. The molecule has 1 atom stereocenters. The number of hydrogen-bond donors (Lipinski definition) is 1. The molecule has 0 aliphatic carbocycles. The molecule has 6 heteroatoms. The first-order valence-electron chi connectivity index (χ1n) is 6.85. The van der Waals surface area contributed by atoms with Gasteiger partial charge in [-0.3, -0.25) is 4.79 Å². The number of para-hydroxylation sites is 1. The van der Waals surface area contributed by atoms with Crippen molar-refractivity contribution in [2.45, 2.75) is 18.9 Å². The SMILES string of the molecule is Cl.N[C@@H]1CCN(C(=O)Cc2cnn(-c3ccccc3)c2)C1. The summed E-state index contributed by atoms with van der Waals surface area (Å²) in [6.45, 7) is 1.44. The Balaban J connectivity index is 0.00000161. The van der Waals surface area contributed by atoms with Gasteiger partial charge >= 0.3 is 0 Å². The fourth-order valence-electron chi connectivity index (χ4n) is 2.47. The van der Waals surface area contributed by atoms with Gasteiger partial charge in [-0.05, 0) is 24.1 Å². The number of likely N-dealkylation sites (tertiary alicyclic amines) is 1. The molecule has 2 heterocycles. The number of hydrogen-bond acceptors (Lipinski definition) is 3. The minimum absolute atomic E-state index is 0. The second-order valence-electron chi connectivity index (χ2n) is 5.19. The van der Waals surface area contributed by atoms with Crippen LogP contribution in [-0.4, -0.2) is 39.7 Å². The number of carbonyl (C=O) groups excluding carboxylic acids is 1. The van der Waals surface area contributed by atoms with E-state index in [2.05, 4.69) is 5.10 Å². The highest BCUT2D eigenvalue weighted by molar-refractivity contribution is 5.85. The number of nitrogens with zero attached hydrogens (tertiary/aromatic N) is 3. The summed E-state index contributed by atoms with van der Waals surface area (Å²) < 4.78 is 1.79. The number of aromatic nitrogens is 2. The van der Waals surface area contributed by atoms with Crippen LogP contribution >= 0.6 is 12.4 Å². The molecule has 21 heavy (non-hydrogen) atoms. The molecule has 5 nitrogen and oxygen atoms in total. The van der Waals surface area contributed by atoms with Crippen molar-refractivity contribution in [2.75, 3.05) is 13.1 Å². The summed E-state index contributed by atoms with van der Waals surface area (Å²) in [5, 5.41) is 4.30. The molecule has 1 aliphatic rings. The zero-order chi connectivity index (χ0) is 13.9. The lowest BCUT2D eigenvalue weighted by molar-refractivity contribution is -0.129. The first kappa shape index (κ1) is 15.5. The lowest BCUT2D eigenvalue weighted by Gasteiger charge is -2.14. The van der Waals surface area contributed by atoms with Crippen molar-refractivity contribution in [2.24, 2.45) is 5.73 Å². The maximum absolute atomic E-state index is 12.1. The number of halogens is 1. The number of amides is 1. The molecule has 0 bridgehead atoms. The predicted molar refractivity (Wildman–Crippen MR) is 83.7 cm³/mol. The maximum Gasteiger partial charge on any atom is 0.227 e. The van der Waals surface area contributed by atoms with E-state index in [9.17, 15) is 4.79 Å². The molecule has 1 aromatic carbocycles. The van der Waals surface area contributed by atoms with Crippen LogP contribution < -0.4 is 5.73 Å². The van der Waals surface area contributed by atoms with E-state index in [4.69, 9.17) is 5.73 Å². The van der Waals surface area contributed by atoms with Gasteiger partial charge in [0.1, 0.15) is 0 Å². The molecule has 2 N–H and O–H groups in total. The van der Waals surface area contributed by atoms with Crippen LogP contribution in [0, 0.1) is 0 Å². The Kier molecular flexibility index (Phi) is 4.98. The van der Waals surface area contributed by atoms with E-state index < -0.39 is 0 Å². The Bertz CT molecular complexity index is 599. The monoisotopic (exact) mass is 306 g/mol. The average Bonchev–Trinajstić information content (AvgIpc) is 3.09. The van der Waals surface area contributed by atoms with Crippen molar-refractivity contribution in [1.29, 1.82) is 0 Å². The van der Waals surface area contributed by atoms with E-state index in [1.807, 2.05) is 41.4 Å². The molecule has 0 radical (unpaired) electrons. The Labute approximate surface area is 130 Å². The van der Waals surface area contributed by atoms with Gasteiger partial charge in [0, 0.05) is 25.3 Å². The van der Waals surface area contributed by atoms with Crippen molar-refractivity contribution in [1.82, 2.24) is 14.7 Å². The van der Waals surface area contributed by atoms with Gasteiger partial charge in [-0.2, -0.15) is 5.10 Å². The molecule has 2 aromatic rings. The lowest BCUT2D eigenvalue weighted by Crippen LogP contribution is -2.32. The van der Waals surface area contributed by atoms with Crippen LogP contribution in [0.4, 0.5) is 0 Å². The largest absolute Gasteiger partial charge is 0.341 e. The molecule has 0 unspecified atom stereocenters. The number of nitrogens with two attached hydrogens (primary N) is 1. The minimum atomic E-state index is 0. The van der Waals surface area contributed by atoms with E-state index in [0.29, 0.717) is 13.0 Å². The zero-order valence-electron chi connectivity index (χ0n) is 11.7. The van der Waals surface area contributed by atoms with E-state index in [0.717, 1.165) is 24.2 Å². The van der Waals surface area contributed by atoms with Gasteiger partial charge in [0.25, 0.3) is 0 Å². The highest BCUT2D eigenvalue weighted by atomic mass is 35.5. The van der Waals surface area contributed by atoms with E-state index in [1.54, 1.807) is 10.9 Å². The first-order chi connectivity index (χ1) is 9.72. The Morgan fingerprint density at radius 1 is 1.33 bits per heavy atom. The smallest absolute Gasteiger partial charge is 0.227 e. The average molecular weight is 307 g/mol. The highest BCUT2D eigenvalue weighted by Gasteiger charge is 2.23. The van der Waals surface area contributed by atoms with Crippen LogP contribution in [0.15, 0.2) is 42.7 Å². The summed E-state index contributed by atoms with van der Waals surface area (Å²) in [5.74, 6) is 0.130. The molecule has 0 saturated carbocycles. The van der Waals surface area contributed by atoms with Gasteiger partial charge in [-0.1, -0.05) is 18.2 Å². The number of benzene rings is 1. The molecule has 1 aromatic heterocycles. The van der Waals surface area contributed by atoms with Gasteiger partial charge in [0.05, 0.1) is 18.3 Å². The number of carbonyl (C=O) groups is 1. The Morgan fingerprint density at radius 3 is 2.76 bits per heavy atom. The third kappa shape index (κ3) is 3.62. The van der Waals surface area contributed by atoms with Crippen molar-refractivity contribution in [3.05, 3.63) is 48.3 Å². The summed E-state index contributed by atoms with van der Waals surface area (Å²) in [4.78, 5) is 14.0. The van der Waals surface area contributed by atoms with Crippen LogP contribution in [0.1, 0.15) is 12.0 Å². The van der Waals surface area contributed by atoms with Crippen LogP contribution in [0.2, 0.25) is 0 Å². The minimum Gasteiger partial charge on any atom is -0.341 e. The Hall–Kier alpha value is -1.85. The molecule has 112 valence electrons. The van der Waals surface area contributed by atoms with E-state index in [-0.39, 0.29) is 24.4 Å². The fourth-order valence-corrected chi connectivity index (χ4v) is 2.47. The molecule has 1 saturated heterocycles. The van der Waals surface area contributed by atoms with Crippen molar-refractivity contribution in [3.63, 3.8) is 0 Å². The second kappa shape index (κ2) is 6.74. The third-order valence-electron chi connectivity index (χ3n) is 3.59. The third-order valence-corrected chi connectivity index (χ3v) is 3.59. The van der Waals surface area contributed by atoms with Gasteiger partial charge in [-0.15, -0.1) is 12.4 Å². The topological polar surface area (TPSA) is 64.2 Å². The molecule has 3 rings (SSSR count). The van der Waals surface area contributed by atoms with E-state index in [1.165, 1.54) is 0 Å². The number of rotatable bonds is 3. The van der Waals surface area contributed by atoms with Crippen molar-refractivity contribution < 1.29 is 4.79 Å². The first-order valence-corrected chi connectivity index (χ1v) is 6.85. The Morgan fingerprint density at radius 2 is 2.10 bits per heavy atom. The molecule has 1 aliphatic heterocycles. The summed E-state index contributed by atoms with van der Waals surface area (Å²) in [6.07, 6.45) is 4.94. The summed E-state index contributed by atoms with van der Waals surface area (Å²) >= 11 is 0. The van der Waals surface area contributed by atoms with Gasteiger partial charge in [0.2, 0.25) is 5.91 Å². The quantitative estimate of drug-likeness (QED) is 0.932. The highest BCUT2D eigenvalue weighted by Crippen LogP contribution is 2.12.